The Balaban J connectivity index is 1.67. The Morgan fingerprint density at radius 1 is 1.25 bits per heavy atom. The summed E-state index contributed by atoms with van der Waals surface area (Å²) in [5.74, 6) is 0.147. The SMILES string of the molecule is CC(C)c1ccc2c(c1)CCCN2C(=O)C1CC(=O)N(C)C1c1cccnc1. The average molecular weight is 377 g/mol. The standard InChI is InChI=1S/C23H27N3O2/c1-15(2)16-8-9-20-17(12-16)7-5-11-26(20)23(28)19-13-21(27)25(3)22(19)18-6-4-10-24-14-18/h4,6,8-10,12,14-15,19,22H,5,7,11,13H2,1-3H3. The van der Waals surface area contributed by atoms with Gasteiger partial charge in [-0.2, -0.15) is 0 Å². The number of anilines is 1. The zero-order valence-corrected chi connectivity index (χ0v) is 16.8. The van der Waals surface area contributed by atoms with Gasteiger partial charge in [0.05, 0.1) is 12.0 Å². The molecule has 0 bridgehead atoms. The van der Waals surface area contributed by atoms with Crippen molar-refractivity contribution >= 4 is 17.5 Å². The minimum absolute atomic E-state index is 0.0135. The van der Waals surface area contributed by atoms with Gasteiger partial charge >= 0.3 is 0 Å². The van der Waals surface area contributed by atoms with Crippen LogP contribution in [-0.2, 0) is 16.0 Å². The molecule has 0 saturated carbocycles. The van der Waals surface area contributed by atoms with E-state index < -0.39 is 0 Å². The fourth-order valence-electron chi connectivity index (χ4n) is 4.50. The molecule has 2 aromatic rings. The number of carbonyl (C=O) groups excluding carboxylic acids is 2. The van der Waals surface area contributed by atoms with Crippen molar-refractivity contribution in [3.8, 4) is 0 Å². The molecule has 2 aliphatic heterocycles. The first-order valence-electron chi connectivity index (χ1n) is 10.1. The zero-order valence-electron chi connectivity index (χ0n) is 16.8. The molecule has 0 aliphatic carbocycles. The Bertz CT molecular complexity index is 894. The van der Waals surface area contributed by atoms with Crippen LogP contribution in [0, 0.1) is 5.92 Å². The fraction of sp³-hybridized carbons (Fsp3) is 0.435. The summed E-state index contributed by atoms with van der Waals surface area (Å²) in [4.78, 5) is 33.8. The Kier molecular flexibility index (Phi) is 4.92. The van der Waals surface area contributed by atoms with Crippen molar-refractivity contribution < 1.29 is 9.59 Å². The van der Waals surface area contributed by atoms with E-state index in [1.807, 2.05) is 17.0 Å². The lowest BCUT2D eigenvalue weighted by Crippen LogP contribution is -2.41. The van der Waals surface area contributed by atoms with Gasteiger partial charge in [-0.3, -0.25) is 14.6 Å². The number of aromatic nitrogens is 1. The van der Waals surface area contributed by atoms with Crippen molar-refractivity contribution in [1.82, 2.24) is 9.88 Å². The van der Waals surface area contributed by atoms with Crippen molar-refractivity contribution in [2.75, 3.05) is 18.5 Å². The number of amides is 2. The number of hydrogen-bond acceptors (Lipinski definition) is 3. The van der Waals surface area contributed by atoms with Gasteiger partial charge in [-0.05, 0) is 47.6 Å². The van der Waals surface area contributed by atoms with Crippen molar-refractivity contribution in [2.45, 2.75) is 45.1 Å². The maximum atomic E-state index is 13.6. The number of carbonyl (C=O) groups is 2. The van der Waals surface area contributed by atoms with Gasteiger partial charge < -0.3 is 9.80 Å². The van der Waals surface area contributed by atoms with Crippen LogP contribution in [0.2, 0.25) is 0 Å². The van der Waals surface area contributed by atoms with Crippen LogP contribution in [0.25, 0.3) is 0 Å². The number of benzene rings is 1. The van der Waals surface area contributed by atoms with Crippen LogP contribution in [0.5, 0.6) is 0 Å². The van der Waals surface area contributed by atoms with E-state index >= 15 is 0 Å². The van der Waals surface area contributed by atoms with Gasteiger partial charge in [-0.15, -0.1) is 0 Å². The number of fused-ring (bicyclic) bond motifs is 1. The van der Waals surface area contributed by atoms with Crippen LogP contribution in [0.4, 0.5) is 5.69 Å². The molecule has 28 heavy (non-hydrogen) atoms. The maximum Gasteiger partial charge on any atom is 0.233 e. The normalized spacial score (nSPS) is 21.9. The predicted molar refractivity (Wildman–Crippen MR) is 109 cm³/mol. The van der Waals surface area contributed by atoms with Crippen LogP contribution in [0.1, 0.15) is 55.3 Å². The van der Waals surface area contributed by atoms with Crippen LogP contribution in [0.3, 0.4) is 0 Å². The summed E-state index contributed by atoms with van der Waals surface area (Å²) >= 11 is 0. The van der Waals surface area contributed by atoms with Gasteiger partial charge in [-0.1, -0.05) is 32.0 Å². The van der Waals surface area contributed by atoms with Crippen molar-refractivity contribution in [1.29, 1.82) is 0 Å². The van der Waals surface area contributed by atoms with E-state index in [0.29, 0.717) is 12.5 Å². The molecule has 1 aromatic carbocycles. The quantitative estimate of drug-likeness (QED) is 0.819. The predicted octanol–water partition coefficient (Wildman–Crippen LogP) is 3.70. The van der Waals surface area contributed by atoms with E-state index in [9.17, 15) is 9.59 Å². The summed E-state index contributed by atoms with van der Waals surface area (Å²) in [5.41, 5.74) is 4.47. The summed E-state index contributed by atoms with van der Waals surface area (Å²) in [6, 6.07) is 10.0. The van der Waals surface area contributed by atoms with Gasteiger partial charge in [-0.25, -0.2) is 0 Å². The first-order valence-corrected chi connectivity index (χ1v) is 10.1. The molecule has 5 heteroatoms. The lowest BCUT2D eigenvalue weighted by atomic mass is 9.90. The third-order valence-corrected chi connectivity index (χ3v) is 6.08. The van der Waals surface area contributed by atoms with Crippen molar-refractivity contribution in [2.24, 2.45) is 5.92 Å². The molecule has 4 rings (SSSR count). The molecule has 2 aliphatic rings. The van der Waals surface area contributed by atoms with Crippen LogP contribution >= 0.6 is 0 Å². The van der Waals surface area contributed by atoms with Gasteiger partial charge in [0.15, 0.2) is 0 Å². The molecule has 2 atom stereocenters. The highest BCUT2D eigenvalue weighted by atomic mass is 16.2. The molecule has 1 fully saturated rings. The topological polar surface area (TPSA) is 53.5 Å². The number of pyridine rings is 1. The average Bonchev–Trinajstić information content (AvgIpc) is 3.01. The summed E-state index contributed by atoms with van der Waals surface area (Å²) in [6.07, 6.45) is 5.68. The van der Waals surface area contributed by atoms with Gasteiger partial charge in [0.1, 0.15) is 0 Å². The molecular formula is C23H27N3O2. The highest BCUT2D eigenvalue weighted by molar-refractivity contribution is 6.00. The molecule has 2 amide bonds. The number of hydrogen-bond donors (Lipinski definition) is 0. The van der Waals surface area contributed by atoms with E-state index in [1.54, 1.807) is 24.3 Å². The summed E-state index contributed by atoms with van der Waals surface area (Å²) in [5, 5.41) is 0. The maximum absolute atomic E-state index is 13.6. The van der Waals surface area contributed by atoms with Crippen LogP contribution in [0.15, 0.2) is 42.7 Å². The second-order valence-corrected chi connectivity index (χ2v) is 8.18. The second-order valence-electron chi connectivity index (χ2n) is 8.18. The largest absolute Gasteiger partial charge is 0.338 e. The molecule has 146 valence electrons. The third kappa shape index (κ3) is 3.19. The van der Waals surface area contributed by atoms with E-state index in [4.69, 9.17) is 0 Å². The van der Waals surface area contributed by atoms with E-state index in [1.165, 1.54) is 11.1 Å². The van der Waals surface area contributed by atoms with Gasteiger partial charge in [0.25, 0.3) is 0 Å². The van der Waals surface area contributed by atoms with Crippen LogP contribution < -0.4 is 4.90 Å². The van der Waals surface area contributed by atoms with Gasteiger partial charge in [0, 0.05) is 38.1 Å². The minimum Gasteiger partial charge on any atom is -0.338 e. The summed E-state index contributed by atoms with van der Waals surface area (Å²) in [6.45, 7) is 5.08. The Labute approximate surface area is 166 Å². The molecular weight excluding hydrogens is 350 g/mol. The molecule has 3 heterocycles. The number of rotatable bonds is 3. The molecule has 1 aromatic heterocycles. The van der Waals surface area contributed by atoms with Crippen molar-refractivity contribution in [3.05, 3.63) is 59.4 Å². The summed E-state index contributed by atoms with van der Waals surface area (Å²) in [7, 11) is 1.78. The number of aryl methyl sites for hydroxylation is 1. The zero-order chi connectivity index (χ0) is 19.8. The molecule has 0 spiro atoms. The first kappa shape index (κ1) is 18.7. The van der Waals surface area contributed by atoms with Crippen LogP contribution in [-0.4, -0.2) is 35.3 Å². The van der Waals surface area contributed by atoms with Crippen molar-refractivity contribution in [3.63, 3.8) is 0 Å². The lowest BCUT2D eigenvalue weighted by molar-refractivity contribution is -0.128. The number of likely N-dealkylation sites (tertiary alicyclic amines) is 1. The van der Waals surface area contributed by atoms with E-state index in [2.05, 4.69) is 37.0 Å². The lowest BCUT2D eigenvalue weighted by Gasteiger charge is -2.34. The Morgan fingerprint density at radius 3 is 2.79 bits per heavy atom. The molecule has 5 nitrogen and oxygen atoms in total. The fourth-order valence-corrected chi connectivity index (χ4v) is 4.50. The molecule has 2 unspecified atom stereocenters. The Hall–Kier alpha value is -2.69. The third-order valence-electron chi connectivity index (χ3n) is 6.08. The highest BCUT2D eigenvalue weighted by Gasteiger charge is 2.45. The van der Waals surface area contributed by atoms with Gasteiger partial charge in [0.2, 0.25) is 11.8 Å². The summed E-state index contributed by atoms with van der Waals surface area (Å²) < 4.78 is 0. The minimum atomic E-state index is -0.377. The molecule has 0 N–H and O–H groups in total. The second kappa shape index (κ2) is 7.38. The first-order chi connectivity index (χ1) is 13.5. The van der Waals surface area contributed by atoms with E-state index in [0.717, 1.165) is 24.1 Å². The monoisotopic (exact) mass is 377 g/mol. The number of nitrogens with zero attached hydrogens (tertiary/aromatic N) is 3. The van der Waals surface area contributed by atoms with E-state index in [-0.39, 0.29) is 30.2 Å². The molecule has 1 saturated heterocycles. The Morgan fingerprint density at radius 2 is 2.07 bits per heavy atom. The smallest absolute Gasteiger partial charge is 0.233 e. The highest BCUT2D eigenvalue weighted by Crippen LogP contribution is 2.40. The molecule has 0 radical (unpaired) electrons.